The van der Waals surface area contributed by atoms with Crippen LogP contribution in [-0.4, -0.2) is 60.9 Å². The highest BCUT2D eigenvalue weighted by atomic mass is 16.6. The van der Waals surface area contributed by atoms with Gasteiger partial charge in [-0.3, -0.25) is 10.2 Å². The molecular weight excluding hydrogens is 610 g/mol. The van der Waals surface area contributed by atoms with E-state index in [9.17, 15) is 19.8 Å². The number of nitrogens with zero attached hydrogens (tertiary/aromatic N) is 1. The molecule has 0 heterocycles. The highest BCUT2D eigenvalue weighted by Crippen LogP contribution is 2.36. The Hall–Kier alpha value is -4.90. The molecule has 2 amide bonds. The van der Waals surface area contributed by atoms with Crippen molar-refractivity contribution in [2.24, 2.45) is 0 Å². The molecule has 4 aromatic rings. The second-order valence-corrected chi connectivity index (χ2v) is 11.4. The summed E-state index contributed by atoms with van der Waals surface area (Å²) in [6, 6.07) is 32.8. The fourth-order valence-electron chi connectivity index (χ4n) is 5.28. The smallest absolute Gasteiger partial charge is 0.414 e. The van der Waals surface area contributed by atoms with Gasteiger partial charge in [-0.25, -0.2) is 9.59 Å². The molecule has 4 aromatic carbocycles. The predicted octanol–water partition coefficient (Wildman–Crippen LogP) is 6.46. The monoisotopic (exact) mass is 655 g/mol. The van der Waals surface area contributed by atoms with Crippen LogP contribution >= 0.6 is 0 Å². The van der Waals surface area contributed by atoms with Gasteiger partial charge in [0.15, 0.2) is 0 Å². The molecule has 0 bridgehead atoms. The number of ether oxygens (including phenoxy) is 3. The molecule has 2 unspecified atom stereocenters. The van der Waals surface area contributed by atoms with Crippen LogP contribution < -0.4 is 20.3 Å². The molecule has 4 N–H and O–H groups in total. The summed E-state index contributed by atoms with van der Waals surface area (Å²) in [5.41, 5.74) is 1.80. The number of aliphatic hydroxyl groups is 2. The van der Waals surface area contributed by atoms with E-state index in [-0.39, 0.29) is 38.8 Å². The number of para-hydroxylation sites is 1. The molecule has 0 aliphatic rings. The van der Waals surface area contributed by atoms with Gasteiger partial charge in [0.25, 0.3) is 0 Å². The van der Waals surface area contributed by atoms with Gasteiger partial charge in [0.1, 0.15) is 24.1 Å². The average molecular weight is 656 g/mol. The number of carbonyl (C=O) groups excluding carboxylic acids is 2. The van der Waals surface area contributed by atoms with Crippen molar-refractivity contribution in [2.75, 3.05) is 36.6 Å². The van der Waals surface area contributed by atoms with E-state index in [0.29, 0.717) is 34.8 Å². The molecule has 10 nitrogen and oxygen atoms in total. The van der Waals surface area contributed by atoms with E-state index in [1.165, 1.54) is 0 Å². The number of aliphatic hydroxyl groups excluding tert-OH is 1. The first-order chi connectivity index (χ1) is 23.2. The van der Waals surface area contributed by atoms with E-state index < -0.39 is 23.9 Å². The van der Waals surface area contributed by atoms with E-state index in [1.54, 1.807) is 67.3 Å². The first-order valence-electron chi connectivity index (χ1n) is 16.2. The SMILES string of the molecule is CCOC(=O)Nc1ccc(C(O)(CC(C)NC[C@H](O)COc2ccccc2)c2ccc(N(Cc3ccccc3)C(=O)OCC)cc2)cc1. The normalized spacial score (nSPS) is 13.4. The van der Waals surface area contributed by atoms with E-state index >= 15 is 0 Å². The lowest BCUT2D eigenvalue weighted by Crippen LogP contribution is -2.41. The number of hydrogen-bond donors (Lipinski definition) is 4. The lowest BCUT2D eigenvalue weighted by Gasteiger charge is -2.33. The van der Waals surface area contributed by atoms with Gasteiger partial charge in [-0.15, -0.1) is 0 Å². The Labute approximate surface area is 282 Å². The Bertz CT molecular complexity index is 1550. The largest absolute Gasteiger partial charge is 0.491 e. The maximum Gasteiger partial charge on any atom is 0.414 e. The van der Waals surface area contributed by atoms with Crippen molar-refractivity contribution in [1.82, 2.24) is 5.32 Å². The molecule has 0 aliphatic heterocycles. The number of hydrogen-bond acceptors (Lipinski definition) is 8. The van der Waals surface area contributed by atoms with E-state index in [1.807, 2.05) is 67.6 Å². The quantitative estimate of drug-likeness (QED) is 0.108. The van der Waals surface area contributed by atoms with Crippen molar-refractivity contribution in [3.8, 4) is 5.75 Å². The summed E-state index contributed by atoms with van der Waals surface area (Å²) in [4.78, 5) is 26.5. The van der Waals surface area contributed by atoms with Crippen LogP contribution in [0.2, 0.25) is 0 Å². The third-order valence-corrected chi connectivity index (χ3v) is 7.70. The summed E-state index contributed by atoms with van der Waals surface area (Å²) in [5.74, 6) is 0.675. The minimum absolute atomic E-state index is 0.115. The maximum absolute atomic E-state index is 13.0. The van der Waals surface area contributed by atoms with E-state index in [0.717, 1.165) is 5.56 Å². The fourth-order valence-corrected chi connectivity index (χ4v) is 5.28. The molecule has 0 radical (unpaired) electrons. The first kappa shape index (κ1) is 35.9. The fraction of sp³-hybridized carbons (Fsp3) is 0.316. The number of carbonyl (C=O) groups is 2. The molecule has 0 saturated heterocycles. The summed E-state index contributed by atoms with van der Waals surface area (Å²) < 4.78 is 16.0. The van der Waals surface area contributed by atoms with Crippen LogP contribution in [0.25, 0.3) is 0 Å². The number of benzene rings is 4. The third-order valence-electron chi connectivity index (χ3n) is 7.70. The highest BCUT2D eigenvalue weighted by Gasteiger charge is 2.34. The third kappa shape index (κ3) is 10.3. The zero-order valence-corrected chi connectivity index (χ0v) is 27.7. The van der Waals surface area contributed by atoms with Crippen LogP contribution in [0.4, 0.5) is 21.0 Å². The second-order valence-electron chi connectivity index (χ2n) is 11.4. The van der Waals surface area contributed by atoms with Crippen molar-refractivity contribution in [3.05, 3.63) is 126 Å². The lowest BCUT2D eigenvalue weighted by atomic mass is 9.81. The molecule has 4 rings (SSSR count). The summed E-state index contributed by atoms with van der Waals surface area (Å²) in [5, 5.41) is 29.0. The van der Waals surface area contributed by atoms with Gasteiger partial charge in [0, 0.05) is 24.0 Å². The minimum Gasteiger partial charge on any atom is -0.491 e. The molecule has 3 atom stereocenters. The van der Waals surface area contributed by atoms with E-state index in [2.05, 4.69) is 10.6 Å². The lowest BCUT2D eigenvalue weighted by molar-refractivity contribution is 0.0558. The zero-order chi connectivity index (χ0) is 34.4. The molecule has 48 heavy (non-hydrogen) atoms. The Morgan fingerprint density at radius 3 is 2.00 bits per heavy atom. The van der Waals surface area contributed by atoms with E-state index in [4.69, 9.17) is 14.2 Å². The summed E-state index contributed by atoms with van der Waals surface area (Å²) in [6.07, 6.45) is -1.56. The number of amides is 2. The zero-order valence-electron chi connectivity index (χ0n) is 27.7. The topological polar surface area (TPSA) is 130 Å². The highest BCUT2D eigenvalue weighted by molar-refractivity contribution is 5.87. The molecular formula is C38H45N3O7. The Morgan fingerprint density at radius 2 is 1.40 bits per heavy atom. The van der Waals surface area contributed by atoms with Gasteiger partial charge in [-0.05, 0) is 80.3 Å². The van der Waals surface area contributed by atoms with Crippen LogP contribution in [0.1, 0.15) is 43.9 Å². The standard InChI is InChI=1S/C38H45N3O7/c1-4-46-36(43)40-32-20-16-30(17-21-32)38(45,24-28(3)39-25-34(42)27-48-35-14-10-7-11-15-35)31-18-22-33(23-19-31)41(37(44)47-5-2)26-29-12-8-6-9-13-29/h6-23,28,34,39,42,45H,4-5,24-27H2,1-3H3,(H,40,43)/t28?,34-,38?/m0/s1. The maximum atomic E-state index is 13.0. The van der Waals surface area contributed by atoms with Crippen molar-refractivity contribution in [3.63, 3.8) is 0 Å². The molecule has 0 aromatic heterocycles. The Morgan fingerprint density at radius 1 is 0.812 bits per heavy atom. The van der Waals surface area contributed by atoms with Crippen LogP contribution in [0.3, 0.4) is 0 Å². The van der Waals surface area contributed by atoms with Crippen molar-refractivity contribution in [1.29, 1.82) is 0 Å². The summed E-state index contributed by atoms with van der Waals surface area (Å²) in [7, 11) is 0. The molecule has 0 fully saturated rings. The van der Waals surface area contributed by atoms with Gasteiger partial charge in [-0.1, -0.05) is 72.8 Å². The van der Waals surface area contributed by atoms with Crippen LogP contribution in [0.5, 0.6) is 5.75 Å². The number of nitrogens with one attached hydrogen (secondary N) is 2. The minimum atomic E-state index is -1.48. The average Bonchev–Trinajstić information content (AvgIpc) is 3.10. The molecule has 0 spiro atoms. The Balaban J connectivity index is 1.55. The van der Waals surface area contributed by atoms with Crippen LogP contribution in [-0.2, 0) is 21.6 Å². The molecule has 0 aliphatic carbocycles. The van der Waals surface area contributed by atoms with Crippen LogP contribution in [0, 0.1) is 0 Å². The van der Waals surface area contributed by atoms with Gasteiger partial charge < -0.3 is 29.7 Å². The molecule has 254 valence electrons. The predicted molar refractivity (Wildman–Crippen MR) is 186 cm³/mol. The number of anilines is 2. The van der Waals surface area contributed by atoms with Crippen molar-refractivity contribution < 1.29 is 34.0 Å². The molecule has 10 heteroatoms. The van der Waals surface area contributed by atoms with Gasteiger partial charge in [0.05, 0.1) is 19.8 Å². The van der Waals surface area contributed by atoms with Gasteiger partial charge in [-0.2, -0.15) is 0 Å². The second kappa shape index (κ2) is 17.9. The first-order valence-corrected chi connectivity index (χ1v) is 16.2. The molecule has 0 saturated carbocycles. The van der Waals surface area contributed by atoms with Crippen molar-refractivity contribution in [2.45, 2.75) is 51.5 Å². The Kier molecular flexibility index (Phi) is 13.4. The summed E-state index contributed by atoms with van der Waals surface area (Å²) in [6.45, 7) is 6.59. The van der Waals surface area contributed by atoms with Crippen LogP contribution in [0.15, 0.2) is 109 Å². The van der Waals surface area contributed by atoms with Crippen molar-refractivity contribution >= 4 is 23.6 Å². The summed E-state index contributed by atoms with van der Waals surface area (Å²) >= 11 is 0. The van der Waals surface area contributed by atoms with Gasteiger partial charge in [0.2, 0.25) is 0 Å². The number of rotatable bonds is 16. The van der Waals surface area contributed by atoms with Gasteiger partial charge >= 0.3 is 12.2 Å².